The zero-order chi connectivity index (χ0) is 16.2. The van der Waals surface area contributed by atoms with E-state index in [-0.39, 0.29) is 18.1 Å². The molecule has 3 rings (SSSR count). The molecule has 0 radical (unpaired) electrons. The van der Waals surface area contributed by atoms with Crippen LogP contribution in [0.1, 0.15) is 23.0 Å². The molecule has 1 amide bonds. The van der Waals surface area contributed by atoms with Crippen molar-refractivity contribution in [2.45, 2.75) is 13.3 Å². The van der Waals surface area contributed by atoms with Gasteiger partial charge in [-0.1, -0.05) is 12.1 Å². The molecule has 0 bridgehead atoms. The van der Waals surface area contributed by atoms with Gasteiger partial charge in [0.15, 0.2) is 5.78 Å². The molecule has 3 aromatic rings. The van der Waals surface area contributed by atoms with Gasteiger partial charge in [0.05, 0.1) is 12.1 Å². The standard InChI is InChI=1S/C17H14N2O2S2/c1-11(20)12-3-2-4-14(7-12)18-16(21)8-15-10-23-17(19-15)13-5-6-22-9-13/h2-7,9-10H,8H2,1H3,(H,18,21). The Balaban J connectivity index is 1.66. The molecule has 0 aliphatic carbocycles. The zero-order valence-electron chi connectivity index (χ0n) is 12.4. The molecular weight excluding hydrogens is 328 g/mol. The fourth-order valence-electron chi connectivity index (χ4n) is 2.09. The first kappa shape index (κ1) is 15.6. The number of benzene rings is 1. The maximum Gasteiger partial charge on any atom is 0.230 e. The van der Waals surface area contributed by atoms with E-state index in [1.165, 1.54) is 18.3 Å². The predicted molar refractivity (Wildman–Crippen MR) is 94.2 cm³/mol. The van der Waals surface area contributed by atoms with Crippen LogP contribution in [0, 0.1) is 0 Å². The van der Waals surface area contributed by atoms with Gasteiger partial charge >= 0.3 is 0 Å². The number of rotatable bonds is 5. The van der Waals surface area contributed by atoms with Gasteiger partial charge < -0.3 is 5.32 Å². The Kier molecular flexibility index (Phi) is 4.64. The Morgan fingerprint density at radius 3 is 2.83 bits per heavy atom. The van der Waals surface area contributed by atoms with Gasteiger partial charge in [0.2, 0.25) is 5.91 Å². The highest BCUT2D eigenvalue weighted by Crippen LogP contribution is 2.25. The summed E-state index contributed by atoms with van der Waals surface area (Å²) >= 11 is 3.16. The van der Waals surface area contributed by atoms with Crippen molar-refractivity contribution in [1.82, 2.24) is 4.98 Å². The zero-order valence-corrected chi connectivity index (χ0v) is 14.0. The van der Waals surface area contributed by atoms with Crippen LogP contribution in [0.2, 0.25) is 0 Å². The summed E-state index contributed by atoms with van der Waals surface area (Å²) in [6.45, 7) is 1.50. The second kappa shape index (κ2) is 6.85. The summed E-state index contributed by atoms with van der Waals surface area (Å²) in [6, 6.07) is 8.94. The molecule has 23 heavy (non-hydrogen) atoms. The molecule has 0 atom stereocenters. The van der Waals surface area contributed by atoms with Crippen molar-refractivity contribution in [3.63, 3.8) is 0 Å². The first-order valence-corrected chi connectivity index (χ1v) is 8.82. The second-order valence-electron chi connectivity index (χ2n) is 5.02. The third-order valence-corrected chi connectivity index (χ3v) is 4.84. The van der Waals surface area contributed by atoms with Gasteiger partial charge in [-0.25, -0.2) is 4.98 Å². The number of nitrogens with zero attached hydrogens (tertiary/aromatic N) is 1. The summed E-state index contributed by atoms with van der Waals surface area (Å²) in [6.07, 6.45) is 0.213. The number of nitrogens with one attached hydrogen (secondary N) is 1. The smallest absolute Gasteiger partial charge is 0.230 e. The van der Waals surface area contributed by atoms with Crippen LogP contribution in [-0.2, 0) is 11.2 Å². The number of anilines is 1. The number of Topliss-reactive ketones (excluding diaryl/α,β-unsaturated/α-hetero) is 1. The average molecular weight is 342 g/mol. The highest BCUT2D eigenvalue weighted by molar-refractivity contribution is 7.14. The molecule has 0 saturated heterocycles. The number of carbonyl (C=O) groups is 2. The highest BCUT2D eigenvalue weighted by Gasteiger charge is 2.10. The number of ketones is 1. The average Bonchev–Trinajstić information content (AvgIpc) is 3.18. The lowest BCUT2D eigenvalue weighted by Crippen LogP contribution is -2.14. The Labute approximate surface area is 141 Å². The first-order chi connectivity index (χ1) is 11.1. The number of thiophene rings is 1. The van der Waals surface area contributed by atoms with Gasteiger partial charge in [-0.2, -0.15) is 11.3 Å². The van der Waals surface area contributed by atoms with Crippen molar-refractivity contribution >= 4 is 40.1 Å². The monoisotopic (exact) mass is 342 g/mol. The van der Waals surface area contributed by atoms with Gasteiger partial charge in [-0.15, -0.1) is 11.3 Å². The lowest BCUT2D eigenvalue weighted by atomic mass is 10.1. The number of amides is 1. The summed E-state index contributed by atoms with van der Waals surface area (Å²) in [5.41, 5.74) is 3.03. The SMILES string of the molecule is CC(=O)c1cccc(NC(=O)Cc2csc(-c3ccsc3)n2)c1. The van der Waals surface area contributed by atoms with Crippen LogP contribution in [0.15, 0.2) is 46.5 Å². The summed E-state index contributed by atoms with van der Waals surface area (Å²) in [7, 11) is 0. The summed E-state index contributed by atoms with van der Waals surface area (Å²) < 4.78 is 0. The van der Waals surface area contributed by atoms with E-state index in [0.717, 1.165) is 16.3 Å². The molecule has 0 spiro atoms. The number of thiazole rings is 1. The van der Waals surface area contributed by atoms with E-state index < -0.39 is 0 Å². The van der Waals surface area contributed by atoms with Crippen molar-refractivity contribution < 1.29 is 9.59 Å². The largest absolute Gasteiger partial charge is 0.326 e. The number of aromatic nitrogens is 1. The fraction of sp³-hybridized carbons (Fsp3) is 0.118. The van der Waals surface area contributed by atoms with E-state index in [2.05, 4.69) is 10.3 Å². The molecular formula is C17H14N2O2S2. The third-order valence-electron chi connectivity index (χ3n) is 3.21. The molecule has 116 valence electrons. The van der Waals surface area contributed by atoms with Crippen molar-refractivity contribution in [1.29, 1.82) is 0 Å². The quantitative estimate of drug-likeness (QED) is 0.705. The summed E-state index contributed by atoms with van der Waals surface area (Å²) in [4.78, 5) is 28.0. The molecule has 6 heteroatoms. The van der Waals surface area contributed by atoms with Crippen molar-refractivity contribution in [2.75, 3.05) is 5.32 Å². The molecule has 2 aromatic heterocycles. The minimum Gasteiger partial charge on any atom is -0.326 e. The summed E-state index contributed by atoms with van der Waals surface area (Å²) in [5, 5.41) is 9.67. The molecule has 1 aromatic carbocycles. The minimum atomic E-state index is -0.145. The van der Waals surface area contributed by atoms with E-state index in [0.29, 0.717) is 11.3 Å². The van der Waals surface area contributed by atoms with Gasteiger partial charge in [-0.05, 0) is 30.5 Å². The topological polar surface area (TPSA) is 59.1 Å². The molecule has 0 saturated carbocycles. The van der Waals surface area contributed by atoms with Crippen LogP contribution in [0.4, 0.5) is 5.69 Å². The Morgan fingerprint density at radius 1 is 1.22 bits per heavy atom. The maximum absolute atomic E-state index is 12.1. The van der Waals surface area contributed by atoms with Crippen LogP contribution in [0.3, 0.4) is 0 Å². The van der Waals surface area contributed by atoms with Crippen molar-refractivity contribution in [3.05, 3.63) is 57.7 Å². The van der Waals surface area contributed by atoms with E-state index in [1.54, 1.807) is 35.6 Å². The predicted octanol–water partition coefficient (Wildman–Crippen LogP) is 4.26. The minimum absolute atomic E-state index is 0.0268. The van der Waals surface area contributed by atoms with Crippen molar-refractivity contribution in [2.24, 2.45) is 0 Å². The molecule has 0 aliphatic rings. The third kappa shape index (κ3) is 3.91. The molecule has 0 unspecified atom stereocenters. The van der Waals surface area contributed by atoms with Crippen LogP contribution in [0.25, 0.3) is 10.6 Å². The lowest BCUT2D eigenvalue weighted by Gasteiger charge is -2.05. The first-order valence-electron chi connectivity index (χ1n) is 6.99. The van der Waals surface area contributed by atoms with Gasteiger partial charge in [0, 0.05) is 27.6 Å². The van der Waals surface area contributed by atoms with E-state index in [9.17, 15) is 9.59 Å². The van der Waals surface area contributed by atoms with Crippen molar-refractivity contribution in [3.8, 4) is 10.6 Å². The summed E-state index contributed by atoms with van der Waals surface area (Å²) in [5.74, 6) is -0.172. The van der Waals surface area contributed by atoms with E-state index in [1.807, 2.05) is 22.2 Å². The van der Waals surface area contributed by atoms with Crippen LogP contribution < -0.4 is 5.32 Å². The van der Waals surface area contributed by atoms with Gasteiger partial charge in [-0.3, -0.25) is 9.59 Å². The number of hydrogen-bond acceptors (Lipinski definition) is 5. The molecule has 0 fully saturated rings. The van der Waals surface area contributed by atoms with Crippen LogP contribution in [-0.4, -0.2) is 16.7 Å². The van der Waals surface area contributed by atoms with Crippen LogP contribution >= 0.6 is 22.7 Å². The van der Waals surface area contributed by atoms with E-state index >= 15 is 0 Å². The number of carbonyl (C=O) groups excluding carboxylic acids is 2. The normalized spacial score (nSPS) is 10.5. The Morgan fingerprint density at radius 2 is 2.09 bits per heavy atom. The Hall–Kier alpha value is -2.31. The lowest BCUT2D eigenvalue weighted by molar-refractivity contribution is -0.115. The van der Waals surface area contributed by atoms with Gasteiger partial charge in [0.25, 0.3) is 0 Å². The van der Waals surface area contributed by atoms with E-state index in [4.69, 9.17) is 0 Å². The second-order valence-corrected chi connectivity index (χ2v) is 6.66. The fourth-order valence-corrected chi connectivity index (χ4v) is 3.62. The Bertz CT molecular complexity index is 838. The highest BCUT2D eigenvalue weighted by atomic mass is 32.1. The maximum atomic E-state index is 12.1. The number of hydrogen-bond donors (Lipinski definition) is 1. The van der Waals surface area contributed by atoms with Crippen LogP contribution in [0.5, 0.6) is 0 Å². The molecule has 4 nitrogen and oxygen atoms in total. The molecule has 0 aliphatic heterocycles. The molecule has 2 heterocycles. The van der Waals surface area contributed by atoms with Gasteiger partial charge in [0.1, 0.15) is 5.01 Å². The molecule has 1 N–H and O–H groups in total.